The molecule has 0 aliphatic carbocycles. The van der Waals surface area contributed by atoms with Crippen molar-refractivity contribution in [1.29, 1.82) is 0 Å². The maximum absolute atomic E-state index is 3.75. The van der Waals surface area contributed by atoms with Gasteiger partial charge in [0.15, 0.2) is 0 Å². The summed E-state index contributed by atoms with van der Waals surface area (Å²) < 4.78 is 0. The highest BCUT2D eigenvalue weighted by Crippen LogP contribution is 1.85. The molecule has 0 amide bonds. The number of aliphatic imine (C=N–C) groups is 1. The minimum Gasteiger partial charge on any atom is -0.297 e. The summed E-state index contributed by atoms with van der Waals surface area (Å²) in [6.45, 7) is 14.9. The first-order valence-corrected chi connectivity index (χ1v) is 4.50. The van der Waals surface area contributed by atoms with E-state index < -0.39 is 0 Å². The third kappa shape index (κ3) is 56.9. The predicted octanol–water partition coefficient (Wildman–Crippen LogP) is 4.04. The third-order valence-corrected chi connectivity index (χ3v) is 0.616. The van der Waals surface area contributed by atoms with E-state index in [4.69, 9.17) is 0 Å². The van der Waals surface area contributed by atoms with Crippen molar-refractivity contribution in [2.45, 2.75) is 27.7 Å². The Morgan fingerprint density at radius 3 is 1.92 bits per heavy atom. The molecule has 0 spiro atoms. The van der Waals surface area contributed by atoms with Crippen molar-refractivity contribution in [3.05, 3.63) is 37.0 Å². The topological polar surface area (TPSA) is 12.4 Å². The number of nitrogens with zero attached hydrogens (tertiary/aromatic N) is 1. The quantitative estimate of drug-likeness (QED) is 0.346. The first-order valence-electron chi connectivity index (χ1n) is 4.50. The zero-order valence-corrected chi connectivity index (χ0v) is 9.67. The first-order chi connectivity index (χ1) is 6.18. The van der Waals surface area contributed by atoms with Crippen LogP contribution >= 0.6 is 0 Å². The molecule has 1 heteroatoms. The van der Waals surface area contributed by atoms with Gasteiger partial charge in [-0.15, -0.1) is 6.58 Å². The number of allylic oxidation sites excluding steroid dienone is 4. The highest BCUT2D eigenvalue weighted by atomic mass is 14.6. The van der Waals surface area contributed by atoms with E-state index in [0.717, 1.165) is 5.57 Å². The summed E-state index contributed by atoms with van der Waals surface area (Å²) in [6.07, 6.45) is 7.25. The molecule has 0 rings (SSSR count). The van der Waals surface area contributed by atoms with E-state index in [9.17, 15) is 0 Å². The van der Waals surface area contributed by atoms with Crippen LogP contribution < -0.4 is 0 Å². The molecule has 0 aromatic rings. The van der Waals surface area contributed by atoms with Gasteiger partial charge in [0.2, 0.25) is 0 Å². The van der Waals surface area contributed by atoms with Crippen LogP contribution in [0.5, 0.6) is 0 Å². The Bertz CT molecular complexity index is 153. The molecular formula is C12H23N. The Balaban J connectivity index is -0.000000169. The van der Waals surface area contributed by atoms with Crippen molar-refractivity contribution >= 4 is 6.21 Å². The molecule has 1 nitrogen and oxygen atoms in total. The van der Waals surface area contributed by atoms with Crippen LogP contribution in [-0.2, 0) is 0 Å². The summed E-state index contributed by atoms with van der Waals surface area (Å²) in [7, 11) is 1.74. The minimum atomic E-state index is 1.05. The monoisotopic (exact) mass is 181 g/mol. The van der Waals surface area contributed by atoms with E-state index in [-0.39, 0.29) is 0 Å². The zero-order chi connectivity index (χ0) is 11.1. The van der Waals surface area contributed by atoms with E-state index in [2.05, 4.69) is 18.2 Å². The van der Waals surface area contributed by atoms with E-state index in [1.165, 1.54) is 0 Å². The van der Waals surface area contributed by atoms with Gasteiger partial charge in [0, 0.05) is 13.3 Å². The van der Waals surface area contributed by atoms with E-state index in [1.54, 1.807) is 19.3 Å². The van der Waals surface area contributed by atoms with Crippen LogP contribution in [0.2, 0.25) is 0 Å². The smallest absolute Gasteiger partial charge is 0.0277 e. The Morgan fingerprint density at radius 1 is 1.31 bits per heavy atom. The highest BCUT2D eigenvalue weighted by molar-refractivity contribution is 5.71. The van der Waals surface area contributed by atoms with Crippen LogP contribution in [-0.4, -0.2) is 13.3 Å². The normalized spacial score (nSPS) is 8.38. The second-order valence-corrected chi connectivity index (χ2v) is 2.02. The van der Waals surface area contributed by atoms with Crippen LogP contribution in [0.1, 0.15) is 27.7 Å². The molecule has 0 radical (unpaired) electrons. The van der Waals surface area contributed by atoms with Crippen molar-refractivity contribution in [2.75, 3.05) is 7.05 Å². The number of rotatable bonds is 2. The van der Waals surface area contributed by atoms with Gasteiger partial charge in [0.25, 0.3) is 0 Å². The lowest BCUT2D eigenvalue weighted by Gasteiger charge is -1.78. The van der Waals surface area contributed by atoms with Gasteiger partial charge in [0.1, 0.15) is 0 Å². The summed E-state index contributed by atoms with van der Waals surface area (Å²) >= 11 is 0. The van der Waals surface area contributed by atoms with Gasteiger partial charge in [-0.25, -0.2) is 0 Å². The lowest BCUT2D eigenvalue weighted by molar-refractivity contribution is 1.47. The van der Waals surface area contributed by atoms with Crippen LogP contribution in [0, 0.1) is 0 Å². The fourth-order valence-corrected chi connectivity index (χ4v) is 0.293. The molecule has 0 atom stereocenters. The molecule has 0 heterocycles. The van der Waals surface area contributed by atoms with Gasteiger partial charge in [-0.2, -0.15) is 0 Å². The summed E-state index contributed by atoms with van der Waals surface area (Å²) in [6, 6.07) is 0. The van der Waals surface area contributed by atoms with E-state index in [0.29, 0.717) is 0 Å². The van der Waals surface area contributed by atoms with Gasteiger partial charge in [-0.05, 0) is 19.9 Å². The number of hydrogen-bond acceptors (Lipinski definition) is 1. The molecule has 0 aromatic heterocycles. The van der Waals surface area contributed by atoms with Gasteiger partial charge >= 0.3 is 0 Å². The summed E-state index contributed by atoms with van der Waals surface area (Å²) in [5.74, 6) is 0. The van der Waals surface area contributed by atoms with Gasteiger partial charge in [0.05, 0.1) is 0 Å². The van der Waals surface area contributed by atoms with Gasteiger partial charge < -0.3 is 0 Å². The van der Waals surface area contributed by atoms with E-state index in [1.807, 2.05) is 39.8 Å². The van der Waals surface area contributed by atoms with Crippen molar-refractivity contribution in [2.24, 2.45) is 4.99 Å². The second kappa shape index (κ2) is 22.4. The Hall–Kier alpha value is -1.11. The van der Waals surface area contributed by atoms with Crippen molar-refractivity contribution in [3.63, 3.8) is 0 Å². The Labute approximate surface area is 83.6 Å². The summed E-state index contributed by atoms with van der Waals surface area (Å²) in [5, 5.41) is 0. The maximum Gasteiger partial charge on any atom is 0.0277 e. The molecule has 0 fully saturated rings. The average molecular weight is 181 g/mol. The van der Waals surface area contributed by atoms with Crippen molar-refractivity contribution in [1.82, 2.24) is 0 Å². The van der Waals surface area contributed by atoms with Crippen LogP contribution in [0.25, 0.3) is 0 Å². The molecule has 0 unspecified atom stereocenters. The van der Waals surface area contributed by atoms with Gasteiger partial charge in [-0.3, -0.25) is 4.99 Å². The van der Waals surface area contributed by atoms with E-state index >= 15 is 0 Å². The van der Waals surface area contributed by atoms with Crippen LogP contribution in [0.4, 0.5) is 0 Å². The van der Waals surface area contributed by atoms with Crippen molar-refractivity contribution in [3.8, 4) is 0 Å². The largest absolute Gasteiger partial charge is 0.297 e. The zero-order valence-electron chi connectivity index (χ0n) is 9.67. The lowest BCUT2D eigenvalue weighted by Crippen LogP contribution is -1.63. The van der Waals surface area contributed by atoms with Crippen LogP contribution in [0.3, 0.4) is 0 Å². The number of hydrogen-bond donors (Lipinski definition) is 0. The molecule has 0 aromatic carbocycles. The molecule has 0 aliphatic rings. The fraction of sp³-hybridized carbons (Fsp3) is 0.417. The van der Waals surface area contributed by atoms with Gasteiger partial charge in [-0.1, -0.05) is 38.2 Å². The van der Waals surface area contributed by atoms with Crippen molar-refractivity contribution < 1.29 is 0 Å². The average Bonchev–Trinajstić information content (AvgIpc) is 2.09. The standard InChI is InChI=1S/C7H11N.C3H6.C2H6/c1-7(2)5-4-6-8-3;1-3-2;1-2/h4-6H,1H2,2-3H3;3H,1H2,2H3;1-2H3/b5-4-,8-6?;;. The molecule has 0 aliphatic heterocycles. The lowest BCUT2D eigenvalue weighted by atomic mass is 10.3. The molecular weight excluding hydrogens is 158 g/mol. The minimum absolute atomic E-state index is 1.05. The molecule has 0 saturated carbocycles. The summed E-state index contributed by atoms with van der Waals surface area (Å²) in [5.41, 5.74) is 1.05. The second-order valence-electron chi connectivity index (χ2n) is 2.02. The summed E-state index contributed by atoms with van der Waals surface area (Å²) in [4.78, 5) is 3.75. The maximum atomic E-state index is 3.75. The Morgan fingerprint density at radius 2 is 1.69 bits per heavy atom. The fourth-order valence-electron chi connectivity index (χ4n) is 0.293. The predicted molar refractivity (Wildman–Crippen MR) is 65.6 cm³/mol. The Kier molecular flexibility index (Phi) is 30.8. The molecule has 0 bridgehead atoms. The first kappa shape index (κ1) is 17.8. The SMILES string of the molecule is C=C(C)/C=C\C=NC.C=CC.CC. The molecule has 76 valence electrons. The highest BCUT2D eigenvalue weighted by Gasteiger charge is 1.67. The van der Waals surface area contributed by atoms with Crippen LogP contribution in [0.15, 0.2) is 42.0 Å². The molecule has 0 saturated heterocycles. The molecule has 13 heavy (non-hydrogen) atoms. The third-order valence-electron chi connectivity index (χ3n) is 0.616. The molecule has 0 N–H and O–H groups in total.